The van der Waals surface area contributed by atoms with Gasteiger partial charge in [0.05, 0.1) is 17.1 Å². The van der Waals surface area contributed by atoms with Crippen LogP contribution in [0.15, 0.2) is 47.2 Å². The Hall–Kier alpha value is -2.07. The molecule has 18 heavy (non-hydrogen) atoms. The van der Waals surface area contributed by atoms with Gasteiger partial charge >= 0.3 is 6.08 Å². The maximum atomic E-state index is 5.63. The van der Waals surface area contributed by atoms with Crippen molar-refractivity contribution in [2.75, 3.05) is 0 Å². The minimum absolute atomic E-state index is 0.181. The quantitative estimate of drug-likeness (QED) is 0.673. The van der Waals surface area contributed by atoms with E-state index in [0.29, 0.717) is 17.3 Å². The largest absolute Gasteiger partial charge is 0.417 e. The van der Waals surface area contributed by atoms with Crippen LogP contribution < -0.4 is 4.74 Å². The number of alkyl halides is 1. The van der Waals surface area contributed by atoms with Crippen LogP contribution >= 0.6 is 11.6 Å². The third kappa shape index (κ3) is 2.15. The van der Waals surface area contributed by atoms with Crippen molar-refractivity contribution in [3.8, 4) is 11.8 Å². The average molecular weight is 261 g/mol. The molecular formula is C13H9ClN2O2. The molecule has 4 nitrogen and oxygen atoms in total. The van der Waals surface area contributed by atoms with E-state index in [-0.39, 0.29) is 6.08 Å². The number of benzene rings is 1. The Labute approximate surface area is 108 Å². The highest BCUT2D eigenvalue weighted by atomic mass is 35.5. The Morgan fingerprint density at radius 3 is 3.06 bits per heavy atom. The van der Waals surface area contributed by atoms with E-state index in [0.717, 1.165) is 10.9 Å². The predicted octanol–water partition coefficient (Wildman–Crippen LogP) is 3.75. The van der Waals surface area contributed by atoms with Gasteiger partial charge in [-0.3, -0.25) is 4.98 Å². The molecule has 0 unspecified atom stereocenters. The van der Waals surface area contributed by atoms with E-state index in [1.54, 1.807) is 6.20 Å². The Morgan fingerprint density at radius 2 is 2.22 bits per heavy atom. The second-order valence-corrected chi connectivity index (χ2v) is 3.97. The molecule has 0 saturated carbocycles. The summed E-state index contributed by atoms with van der Waals surface area (Å²) in [4.78, 5) is 8.32. The van der Waals surface area contributed by atoms with Gasteiger partial charge in [-0.05, 0) is 18.2 Å². The molecule has 1 aromatic carbocycles. The van der Waals surface area contributed by atoms with Crippen molar-refractivity contribution in [1.82, 2.24) is 9.97 Å². The Morgan fingerprint density at radius 1 is 1.28 bits per heavy atom. The van der Waals surface area contributed by atoms with Crippen LogP contribution in [0.2, 0.25) is 0 Å². The summed E-state index contributed by atoms with van der Waals surface area (Å²) < 4.78 is 10.6. The summed E-state index contributed by atoms with van der Waals surface area (Å²) in [6.45, 7) is 0. The van der Waals surface area contributed by atoms with Gasteiger partial charge in [0.25, 0.3) is 0 Å². The highest BCUT2D eigenvalue weighted by Crippen LogP contribution is 2.24. The molecule has 90 valence electrons. The molecule has 0 aliphatic rings. The van der Waals surface area contributed by atoms with E-state index in [4.69, 9.17) is 20.8 Å². The summed E-state index contributed by atoms with van der Waals surface area (Å²) in [5, 5.41) is 1.05. The number of nitrogens with zero attached hydrogens (tertiary/aromatic N) is 2. The average Bonchev–Trinajstić information content (AvgIpc) is 2.86. The highest BCUT2D eigenvalue weighted by molar-refractivity contribution is 6.16. The summed E-state index contributed by atoms with van der Waals surface area (Å²) in [6.07, 6.45) is 3.39. The van der Waals surface area contributed by atoms with Gasteiger partial charge in [-0.25, -0.2) is 0 Å². The van der Waals surface area contributed by atoms with Crippen molar-refractivity contribution in [2.24, 2.45) is 0 Å². The Bertz CT molecular complexity index is 681. The molecule has 0 fully saturated rings. The van der Waals surface area contributed by atoms with Gasteiger partial charge in [0, 0.05) is 17.6 Å². The number of ether oxygens (including phenoxy) is 1. The van der Waals surface area contributed by atoms with Gasteiger partial charge in [0.15, 0.2) is 0 Å². The van der Waals surface area contributed by atoms with E-state index >= 15 is 0 Å². The lowest BCUT2D eigenvalue weighted by atomic mass is 10.2. The zero-order valence-corrected chi connectivity index (χ0v) is 10.1. The van der Waals surface area contributed by atoms with Gasteiger partial charge in [0.1, 0.15) is 12.0 Å². The molecule has 3 aromatic rings. The smallest absolute Gasteiger partial charge is 0.399 e. The maximum Gasteiger partial charge on any atom is 0.399 e. The normalized spacial score (nSPS) is 10.7. The molecule has 2 aromatic heterocycles. The van der Waals surface area contributed by atoms with Crippen molar-refractivity contribution < 1.29 is 9.15 Å². The molecule has 0 spiro atoms. The van der Waals surface area contributed by atoms with Crippen LogP contribution in [0.3, 0.4) is 0 Å². The van der Waals surface area contributed by atoms with Crippen LogP contribution in [0.5, 0.6) is 11.8 Å². The number of pyridine rings is 1. The van der Waals surface area contributed by atoms with Crippen LogP contribution in [-0.4, -0.2) is 9.97 Å². The lowest BCUT2D eigenvalue weighted by Gasteiger charge is -2.01. The van der Waals surface area contributed by atoms with Crippen LogP contribution in [-0.2, 0) is 5.88 Å². The molecule has 0 aliphatic carbocycles. The summed E-state index contributed by atoms with van der Waals surface area (Å²) in [6, 6.07) is 9.49. The van der Waals surface area contributed by atoms with Gasteiger partial charge in [-0.2, -0.15) is 4.98 Å². The number of oxazole rings is 1. The minimum atomic E-state index is 0.181. The van der Waals surface area contributed by atoms with Crippen molar-refractivity contribution in [3.05, 3.63) is 48.5 Å². The molecule has 0 aliphatic heterocycles. The number of halogens is 1. The zero-order chi connectivity index (χ0) is 12.4. The molecule has 0 radical (unpaired) electrons. The maximum absolute atomic E-state index is 5.63. The molecule has 0 saturated heterocycles. The SMILES string of the molecule is ClCc1coc(Oc2ccc3cccnc3c2)n1. The first kappa shape index (κ1) is 11.0. The van der Waals surface area contributed by atoms with Crippen molar-refractivity contribution in [2.45, 2.75) is 5.88 Å². The first-order valence-corrected chi connectivity index (χ1v) is 5.91. The molecule has 5 heteroatoms. The number of hydrogen-bond donors (Lipinski definition) is 0. The molecule has 0 atom stereocenters. The highest BCUT2D eigenvalue weighted by Gasteiger charge is 2.06. The monoisotopic (exact) mass is 260 g/mol. The van der Waals surface area contributed by atoms with Gasteiger partial charge in [-0.1, -0.05) is 6.07 Å². The fraction of sp³-hybridized carbons (Fsp3) is 0.0769. The van der Waals surface area contributed by atoms with Crippen LogP contribution in [0.1, 0.15) is 5.69 Å². The van der Waals surface area contributed by atoms with E-state index in [1.165, 1.54) is 6.26 Å². The lowest BCUT2D eigenvalue weighted by Crippen LogP contribution is -1.86. The fourth-order valence-corrected chi connectivity index (χ4v) is 1.73. The molecule has 0 bridgehead atoms. The molecule has 3 rings (SSSR count). The molecular weight excluding hydrogens is 252 g/mol. The van der Waals surface area contributed by atoms with Crippen molar-refractivity contribution in [1.29, 1.82) is 0 Å². The van der Waals surface area contributed by atoms with Gasteiger partial charge in [0.2, 0.25) is 0 Å². The van der Waals surface area contributed by atoms with E-state index in [2.05, 4.69) is 9.97 Å². The summed E-state index contributed by atoms with van der Waals surface area (Å²) in [5.74, 6) is 0.927. The van der Waals surface area contributed by atoms with Crippen LogP contribution in [0.25, 0.3) is 10.9 Å². The van der Waals surface area contributed by atoms with Gasteiger partial charge in [-0.15, -0.1) is 11.6 Å². The van der Waals surface area contributed by atoms with E-state index < -0.39 is 0 Å². The summed E-state index contributed by atoms with van der Waals surface area (Å²) in [7, 11) is 0. The Kier molecular flexibility index (Phi) is 2.86. The van der Waals surface area contributed by atoms with Crippen molar-refractivity contribution in [3.63, 3.8) is 0 Å². The fourth-order valence-electron chi connectivity index (χ4n) is 1.61. The second kappa shape index (κ2) is 4.66. The first-order valence-electron chi connectivity index (χ1n) is 5.38. The number of rotatable bonds is 3. The van der Waals surface area contributed by atoms with Crippen LogP contribution in [0, 0.1) is 0 Å². The third-order valence-electron chi connectivity index (χ3n) is 2.45. The van der Waals surface area contributed by atoms with E-state index in [1.807, 2.05) is 30.3 Å². The van der Waals surface area contributed by atoms with Crippen LogP contribution in [0.4, 0.5) is 0 Å². The number of hydrogen-bond acceptors (Lipinski definition) is 4. The van der Waals surface area contributed by atoms with E-state index in [9.17, 15) is 0 Å². The van der Waals surface area contributed by atoms with Crippen molar-refractivity contribution >= 4 is 22.5 Å². The zero-order valence-electron chi connectivity index (χ0n) is 9.34. The summed E-state index contributed by atoms with van der Waals surface area (Å²) in [5.41, 5.74) is 1.50. The Balaban J connectivity index is 1.90. The molecule has 0 N–H and O–H groups in total. The second-order valence-electron chi connectivity index (χ2n) is 3.70. The predicted molar refractivity (Wildman–Crippen MR) is 67.9 cm³/mol. The lowest BCUT2D eigenvalue weighted by molar-refractivity contribution is 0.331. The number of aromatic nitrogens is 2. The topological polar surface area (TPSA) is 48.2 Å². The first-order chi connectivity index (χ1) is 8.85. The molecule has 0 amide bonds. The number of fused-ring (bicyclic) bond motifs is 1. The summed E-state index contributed by atoms with van der Waals surface area (Å²) >= 11 is 5.63. The standard InChI is InChI=1S/C13H9ClN2O2/c14-7-10-8-17-13(16-10)18-11-4-3-9-2-1-5-15-12(9)6-11/h1-6,8H,7H2. The molecule has 2 heterocycles. The van der Waals surface area contributed by atoms with Gasteiger partial charge < -0.3 is 9.15 Å². The minimum Gasteiger partial charge on any atom is -0.417 e. The third-order valence-corrected chi connectivity index (χ3v) is 2.72.